The molecule has 1 aromatic carbocycles. The first-order valence-corrected chi connectivity index (χ1v) is 5.64. The van der Waals surface area contributed by atoms with Crippen molar-refractivity contribution in [3.05, 3.63) is 27.3 Å². The molecular weight excluding hydrogens is 322 g/mol. The number of hydrogen-bond acceptors (Lipinski definition) is 1. The Bertz CT molecular complexity index is 579. The van der Waals surface area contributed by atoms with Crippen molar-refractivity contribution in [1.82, 2.24) is 4.98 Å². The molecule has 0 bridgehead atoms. The largest absolute Gasteiger partial charge is 0.495 e. The lowest BCUT2D eigenvalue weighted by Crippen LogP contribution is -2.05. The third-order valence-corrected chi connectivity index (χ3v) is 3.42. The fourth-order valence-corrected chi connectivity index (χ4v) is 2.67. The summed E-state index contributed by atoms with van der Waals surface area (Å²) in [5.41, 5.74) is -0.655. The minimum Gasteiger partial charge on any atom is -0.495 e. The van der Waals surface area contributed by atoms with Gasteiger partial charge in [0.15, 0.2) is 0 Å². The number of ether oxygens (including phenoxy) is 1. The average Bonchev–Trinajstić information content (AvgIpc) is 2.58. The van der Waals surface area contributed by atoms with Crippen LogP contribution in [0, 0.1) is 0 Å². The number of halogens is 5. The highest BCUT2D eigenvalue weighted by atomic mass is 79.9. The van der Waals surface area contributed by atoms with Crippen LogP contribution in [-0.4, -0.2) is 12.1 Å². The Morgan fingerprint density at radius 2 is 2.00 bits per heavy atom. The first-order chi connectivity index (χ1) is 7.86. The molecule has 0 atom stereocenters. The molecular formula is C10H6BrClF3NO. The maximum absolute atomic E-state index is 12.7. The lowest BCUT2D eigenvalue weighted by Gasteiger charge is -2.03. The number of nitrogens with one attached hydrogen (secondary N) is 1. The van der Waals surface area contributed by atoms with Crippen molar-refractivity contribution in [3.63, 3.8) is 0 Å². The molecule has 0 amide bonds. The molecule has 0 fully saturated rings. The molecule has 92 valence electrons. The molecule has 7 heteroatoms. The van der Waals surface area contributed by atoms with E-state index in [1.807, 2.05) is 0 Å². The molecule has 0 spiro atoms. The van der Waals surface area contributed by atoms with Gasteiger partial charge in [0.1, 0.15) is 11.4 Å². The number of H-pyrrole nitrogens is 1. The minimum atomic E-state index is -4.48. The molecule has 0 saturated carbocycles. The van der Waals surface area contributed by atoms with Crippen LogP contribution in [0.2, 0.25) is 5.02 Å². The van der Waals surface area contributed by atoms with E-state index in [1.54, 1.807) is 0 Å². The van der Waals surface area contributed by atoms with E-state index in [9.17, 15) is 13.2 Å². The molecule has 17 heavy (non-hydrogen) atoms. The molecule has 0 aliphatic rings. The van der Waals surface area contributed by atoms with Gasteiger partial charge in [-0.05, 0) is 28.1 Å². The Balaban J connectivity index is 2.85. The van der Waals surface area contributed by atoms with Gasteiger partial charge in [-0.2, -0.15) is 13.2 Å². The first kappa shape index (κ1) is 12.6. The second kappa shape index (κ2) is 4.10. The van der Waals surface area contributed by atoms with E-state index in [-0.39, 0.29) is 20.4 Å². The van der Waals surface area contributed by atoms with Crippen molar-refractivity contribution in [1.29, 1.82) is 0 Å². The van der Waals surface area contributed by atoms with Crippen molar-refractivity contribution in [2.75, 3.05) is 7.11 Å². The fourth-order valence-electron chi connectivity index (χ4n) is 1.57. The van der Waals surface area contributed by atoms with Crippen LogP contribution < -0.4 is 4.74 Å². The molecule has 0 aliphatic carbocycles. The predicted molar refractivity (Wildman–Crippen MR) is 62.6 cm³/mol. The molecule has 0 saturated heterocycles. The topological polar surface area (TPSA) is 25.0 Å². The van der Waals surface area contributed by atoms with Gasteiger partial charge >= 0.3 is 6.18 Å². The Morgan fingerprint density at radius 1 is 1.35 bits per heavy atom. The third-order valence-electron chi connectivity index (χ3n) is 2.31. The van der Waals surface area contributed by atoms with Crippen LogP contribution in [0.25, 0.3) is 10.9 Å². The Labute approximate surface area is 108 Å². The zero-order valence-corrected chi connectivity index (χ0v) is 10.8. The van der Waals surface area contributed by atoms with Gasteiger partial charge in [0.2, 0.25) is 0 Å². The summed E-state index contributed by atoms with van der Waals surface area (Å²) in [5, 5.41) is 0.484. The van der Waals surface area contributed by atoms with Gasteiger partial charge in [-0.3, -0.25) is 0 Å². The van der Waals surface area contributed by atoms with Gasteiger partial charge in [0.05, 0.1) is 22.1 Å². The number of aromatic amines is 1. The highest BCUT2D eigenvalue weighted by molar-refractivity contribution is 9.10. The van der Waals surface area contributed by atoms with Crippen LogP contribution >= 0.6 is 27.5 Å². The average molecular weight is 329 g/mol. The predicted octanol–water partition coefficient (Wildman–Crippen LogP) is 4.61. The SMILES string of the molecule is COc1ccc(Cl)c2c(Br)c(C(F)(F)F)[nH]c12. The minimum absolute atomic E-state index is 0.107. The van der Waals surface area contributed by atoms with Gasteiger partial charge < -0.3 is 9.72 Å². The van der Waals surface area contributed by atoms with Crippen molar-refractivity contribution in [2.45, 2.75) is 6.18 Å². The van der Waals surface area contributed by atoms with Crippen molar-refractivity contribution in [3.8, 4) is 5.75 Å². The monoisotopic (exact) mass is 327 g/mol. The Hall–Kier alpha value is -0.880. The molecule has 0 radical (unpaired) electrons. The number of methoxy groups -OCH3 is 1. The van der Waals surface area contributed by atoms with E-state index in [1.165, 1.54) is 19.2 Å². The molecule has 0 aliphatic heterocycles. The lowest BCUT2D eigenvalue weighted by molar-refractivity contribution is -0.141. The zero-order chi connectivity index (χ0) is 12.8. The van der Waals surface area contributed by atoms with Crippen LogP contribution in [-0.2, 0) is 6.18 Å². The van der Waals surface area contributed by atoms with E-state index in [0.29, 0.717) is 5.75 Å². The standard InChI is InChI=1S/C10H6BrClF3NO/c1-17-5-3-2-4(12)6-7(11)9(10(13,14)15)16-8(5)6/h2-3,16H,1H3. The van der Waals surface area contributed by atoms with E-state index in [4.69, 9.17) is 16.3 Å². The normalized spacial score (nSPS) is 12.1. The van der Waals surface area contributed by atoms with E-state index in [0.717, 1.165) is 0 Å². The van der Waals surface area contributed by atoms with E-state index < -0.39 is 11.9 Å². The summed E-state index contributed by atoms with van der Waals surface area (Å²) in [4.78, 5) is 2.28. The first-order valence-electron chi connectivity index (χ1n) is 4.47. The van der Waals surface area contributed by atoms with Crippen LogP contribution in [0.1, 0.15) is 5.69 Å². The third kappa shape index (κ3) is 1.99. The number of aromatic nitrogens is 1. The lowest BCUT2D eigenvalue weighted by atomic mass is 10.2. The summed E-state index contributed by atoms with van der Waals surface area (Å²) >= 11 is 8.79. The fraction of sp³-hybridized carbons (Fsp3) is 0.200. The number of benzene rings is 1. The number of fused-ring (bicyclic) bond motifs is 1. The van der Waals surface area contributed by atoms with Crippen LogP contribution in [0.4, 0.5) is 13.2 Å². The summed E-state index contributed by atoms with van der Waals surface area (Å²) in [7, 11) is 1.38. The maximum Gasteiger partial charge on any atom is 0.432 e. The van der Waals surface area contributed by atoms with Crippen LogP contribution in [0.15, 0.2) is 16.6 Å². The Kier molecular flexibility index (Phi) is 3.03. The molecule has 2 nitrogen and oxygen atoms in total. The summed E-state index contributed by atoms with van der Waals surface area (Å²) < 4.78 is 43.0. The van der Waals surface area contributed by atoms with Gasteiger partial charge in [-0.15, -0.1) is 0 Å². The van der Waals surface area contributed by atoms with Crippen molar-refractivity contribution >= 4 is 38.4 Å². The summed E-state index contributed by atoms with van der Waals surface area (Å²) in [6, 6.07) is 3.00. The van der Waals surface area contributed by atoms with Crippen molar-refractivity contribution < 1.29 is 17.9 Å². The molecule has 0 unspecified atom stereocenters. The number of alkyl halides is 3. The van der Waals surface area contributed by atoms with Crippen molar-refractivity contribution in [2.24, 2.45) is 0 Å². The molecule has 2 aromatic rings. The molecule has 1 aromatic heterocycles. The van der Waals surface area contributed by atoms with E-state index >= 15 is 0 Å². The van der Waals surface area contributed by atoms with Crippen LogP contribution in [0.5, 0.6) is 5.75 Å². The molecule has 2 rings (SSSR count). The maximum atomic E-state index is 12.7. The smallest absolute Gasteiger partial charge is 0.432 e. The number of hydrogen-bond donors (Lipinski definition) is 1. The van der Waals surface area contributed by atoms with Gasteiger partial charge in [0.25, 0.3) is 0 Å². The zero-order valence-electron chi connectivity index (χ0n) is 8.45. The second-order valence-corrected chi connectivity index (χ2v) is 4.51. The summed E-state index contributed by atoms with van der Waals surface area (Å²) in [6.45, 7) is 0. The summed E-state index contributed by atoms with van der Waals surface area (Å²) in [5.74, 6) is 0.306. The molecule has 1 heterocycles. The van der Waals surface area contributed by atoms with Gasteiger partial charge in [-0.1, -0.05) is 11.6 Å². The summed E-state index contributed by atoms with van der Waals surface area (Å²) in [6.07, 6.45) is -4.48. The Morgan fingerprint density at radius 3 is 2.53 bits per heavy atom. The number of rotatable bonds is 1. The molecule has 1 N–H and O–H groups in total. The highest BCUT2D eigenvalue weighted by Gasteiger charge is 2.36. The van der Waals surface area contributed by atoms with Crippen LogP contribution in [0.3, 0.4) is 0 Å². The van der Waals surface area contributed by atoms with E-state index in [2.05, 4.69) is 20.9 Å². The van der Waals surface area contributed by atoms with Gasteiger partial charge in [-0.25, -0.2) is 0 Å². The highest BCUT2D eigenvalue weighted by Crippen LogP contribution is 2.43. The second-order valence-electron chi connectivity index (χ2n) is 3.31. The van der Waals surface area contributed by atoms with Gasteiger partial charge in [0, 0.05) is 5.39 Å². The quantitative estimate of drug-likeness (QED) is 0.812.